The van der Waals surface area contributed by atoms with Crippen LogP contribution in [0.15, 0.2) is 65.3 Å². The third-order valence-electron chi connectivity index (χ3n) is 3.12. The first kappa shape index (κ1) is 16.6. The van der Waals surface area contributed by atoms with Gasteiger partial charge in [-0.25, -0.2) is 0 Å². The van der Waals surface area contributed by atoms with Crippen molar-refractivity contribution in [2.75, 3.05) is 0 Å². The number of nitrogens with zero attached hydrogens (tertiary/aromatic N) is 1. The van der Waals surface area contributed by atoms with E-state index in [0.29, 0.717) is 11.6 Å². The summed E-state index contributed by atoms with van der Waals surface area (Å²) in [6.45, 7) is 1.44. The van der Waals surface area contributed by atoms with Gasteiger partial charge in [-0.15, -0.1) is 0 Å². The van der Waals surface area contributed by atoms with E-state index in [0.717, 1.165) is 29.2 Å². The topological polar surface area (TPSA) is 38.1 Å². The number of pyridine rings is 1. The maximum atomic E-state index is 5.99. The molecule has 1 aromatic carbocycles. The average Bonchev–Trinajstić information content (AvgIpc) is 2.97. The van der Waals surface area contributed by atoms with Crippen molar-refractivity contribution in [1.29, 1.82) is 0 Å². The Hall–Kier alpha value is -1.81. The number of halogens is 2. The summed E-state index contributed by atoms with van der Waals surface area (Å²) in [7, 11) is 0. The summed E-state index contributed by atoms with van der Waals surface area (Å²) >= 11 is 5.99. The van der Waals surface area contributed by atoms with Crippen molar-refractivity contribution in [3.63, 3.8) is 0 Å². The largest absolute Gasteiger partial charge is 1.00 e. The molecule has 0 atom stereocenters. The Balaban J connectivity index is 0.00000176. The van der Waals surface area contributed by atoms with Crippen LogP contribution in [0.3, 0.4) is 0 Å². The fourth-order valence-electron chi connectivity index (χ4n) is 2.10. The van der Waals surface area contributed by atoms with Gasteiger partial charge >= 0.3 is 0 Å². The molecule has 0 fully saturated rings. The highest BCUT2D eigenvalue weighted by Gasteiger charge is 2.05. The Morgan fingerprint density at radius 3 is 2.73 bits per heavy atom. The molecule has 0 saturated heterocycles. The molecule has 0 spiro atoms. The van der Waals surface area contributed by atoms with Crippen molar-refractivity contribution < 1.29 is 16.8 Å². The van der Waals surface area contributed by atoms with Crippen molar-refractivity contribution in [3.05, 3.63) is 77.3 Å². The Bertz CT molecular complexity index is 713. The SMILES string of the molecule is Clc1cccc(-c2ccc(CNCc3cccnc3)o2)c1.[Cl-]. The Morgan fingerprint density at radius 2 is 1.95 bits per heavy atom. The quantitative estimate of drug-likeness (QED) is 0.764. The van der Waals surface area contributed by atoms with E-state index < -0.39 is 0 Å². The second kappa shape index (κ2) is 7.99. The van der Waals surface area contributed by atoms with E-state index >= 15 is 0 Å². The highest BCUT2D eigenvalue weighted by atomic mass is 35.5. The van der Waals surface area contributed by atoms with Crippen LogP contribution in [-0.4, -0.2) is 4.98 Å². The van der Waals surface area contributed by atoms with Crippen molar-refractivity contribution in [2.24, 2.45) is 0 Å². The van der Waals surface area contributed by atoms with Crippen LogP contribution in [0.1, 0.15) is 11.3 Å². The third-order valence-corrected chi connectivity index (χ3v) is 3.36. The summed E-state index contributed by atoms with van der Waals surface area (Å²) in [6, 6.07) is 15.6. The number of aromatic nitrogens is 1. The van der Waals surface area contributed by atoms with Crippen molar-refractivity contribution >= 4 is 11.6 Å². The van der Waals surface area contributed by atoms with Gasteiger partial charge in [0.05, 0.1) is 6.54 Å². The molecule has 0 radical (unpaired) electrons. The van der Waals surface area contributed by atoms with Crippen LogP contribution >= 0.6 is 11.6 Å². The first-order valence-corrected chi connectivity index (χ1v) is 7.13. The monoisotopic (exact) mass is 333 g/mol. The number of hydrogen-bond donors (Lipinski definition) is 1. The number of furan rings is 1. The molecule has 1 N–H and O–H groups in total. The minimum Gasteiger partial charge on any atom is -1.00 e. The number of rotatable bonds is 5. The van der Waals surface area contributed by atoms with Crippen LogP contribution in [-0.2, 0) is 13.1 Å². The van der Waals surface area contributed by atoms with E-state index in [1.165, 1.54) is 0 Å². The van der Waals surface area contributed by atoms with Crippen LogP contribution in [0.2, 0.25) is 5.02 Å². The summed E-state index contributed by atoms with van der Waals surface area (Å²) in [6.07, 6.45) is 3.62. The number of benzene rings is 1. The van der Waals surface area contributed by atoms with Gasteiger partial charge in [-0.05, 0) is 35.9 Å². The molecule has 0 unspecified atom stereocenters. The minimum absolute atomic E-state index is 0. The molecule has 3 aromatic rings. The Kier molecular flexibility index (Phi) is 6.01. The first-order valence-electron chi connectivity index (χ1n) is 6.75. The van der Waals surface area contributed by atoms with Crippen LogP contribution in [0.25, 0.3) is 11.3 Å². The molecule has 0 amide bonds. The molecule has 3 nitrogen and oxygen atoms in total. The Labute approximate surface area is 140 Å². The zero-order valence-electron chi connectivity index (χ0n) is 11.8. The number of nitrogens with one attached hydrogen (secondary N) is 1. The molecule has 0 aliphatic carbocycles. The fraction of sp³-hybridized carbons (Fsp3) is 0.118. The lowest BCUT2D eigenvalue weighted by atomic mass is 10.2. The predicted molar refractivity (Wildman–Crippen MR) is 83.9 cm³/mol. The molecule has 114 valence electrons. The van der Waals surface area contributed by atoms with Gasteiger partial charge in [0.1, 0.15) is 11.5 Å². The maximum Gasteiger partial charge on any atom is 0.134 e. The van der Waals surface area contributed by atoms with E-state index in [4.69, 9.17) is 16.0 Å². The molecule has 2 heterocycles. The van der Waals surface area contributed by atoms with Gasteiger partial charge in [0, 0.05) is 29.5 Å². The highest BCUT2D eigenvalue weighted by Crippen LogP contribution is 2.24. The van der Waals surface area contributed by atoms with Crippen LogP contribution < -0.4 is 17.7 Å². The molecule has 3 rings (SSSR count). The smallest absolute Gasteiger partial charge is 0.134 e. The average molecular weight is 334 g/mol. The van der Waals surface area contributed by atoms with E-state index in [2.05, 4.69) is 10.3 Å². The van der Waals surface area contributed by atoms with Crippen molar-refractivity contribution in [1.82, 2.24) is 10.3 Å². The molecule has 2 aromatic heterocycles. The third kappa shape index (κ3) is 4.34. The molecular weight excluding hydrogens is 319 g/mol. The highest BCUT2D eigenvalue weighted by molar-refractivity contribution is 6.30. The number of hydrogen-bond acceptors (Lipinski definition) is 3. The van der Waals surface area contributed by atoms with Gasteiger partial charge in [0.2, 0.25) is 0 Å². The lowest BCUT2D eigenvalue weighted by Crippen LogP contribution is -3.00. The minimum atomic E-state index is 0. The molecular formula is C17H15Cl2N2O-. The standard InChI is InChI=1S/C17H15ClN2O.ClH/c18-15-5-1-4-14(9-15)17-7-6-16(21-17)12-20-11-13-3-2-8-19-10-13;/h1-10,20H,11-12H2;1H/p-1. The summed E-state index contributed by atoms with van der Waals surface area (Å²) in [5.41, 5.74) is 2.14. The van der Waals surface area contributed by atoms with E-state index in [-0.39, 0.29) is 12.4 Å². The maximum absolute atomic E-state index is 5.99. The van der Waals surface area contributed by atoms with Crippen LogP contribution in [0.4, 0.5) is 0 Å². The predicted octanol–water partition coefficient (Wildman–Crippen LogP) is 1.29. The molecule has 0 saturated carbocycles. The second-order valence-corrected chi connectivity index (χ2v) is 5.18. The summed E-state index contributed by atoms with van der Waals surface area (Å²) in [5.74, 6) is 1.73. The summed E-state index contributed by atoms with van der Waals surface area (Å²) in [5, 5.41) is 4.04. The molecule has 0 aliphatic heterocycles. The van der Waals surface area contributed by atoms with Gasteiger partial charge in [-0.3, -0.25) is 4.98 Å². The molecule has 5 heteroatoms. The van der Waals surface area contributed by atoms with Crippen LogP contribution in [0, 0.1) is 0 Å². The van der Waals surface area contributed by atoms with Gasteiger partial charge in [-0.2, -0.15) is 0 Å². The second-order valence-electron chi connectivity index (χ2n) is 4.74. The van der Waals surface area contributed by atoms with Gasteiger partial charge in [0.25, 0.3) is 0 Å². The van der Waals surface area contributed by atoms with Gasteiger partial charge < -0.3 is 22.1 Å². The zero-order chi connectivity index (χ0) is 14.5. The lowest BCUT2D eigenvalue weighted by molar-refractivity contribution is -0.00000475. The van der Waals surface area contributed by atoms with Crippen LogP contribution in [0.5, 0.6) is 0 Å². The van der Waals surface area contributed by atoms with Gasteiger partial charge in [-0.1, -0.05) is 29.8 Å². The van der Waals surface area contributed by atoms with E-state index in [9.17, 15) is 0 Å². The molecule has 0 aliphatic rings. The molecule has 22 heavy (non-hydrogen) atoms. The first-order chi connectivity index (χ1) is 10.3. The fourth-order valence-corrected chi connectivity index (χ4v) is 2.29. The van der Waals surface area contributed by atoms with Crippen molar-refractivity contribution in [3.8, 4) is 11.3 Å². The zero-order valence-corrected chi connectivity index (χ0v) is 13.3. The molecule has 0 bridgehead atoms. The summed E-state index contributed by atoms with van der Waals surface area (Å²) in [4.78, 5) is 4.09. The lowest BCUT2D eigenvalue weighted by Gasteiger charge is -2.02. The normalized spacial score (nSPS) is 10.2. The van der Waals surface area contributed by atoms with Gasteiger partial charge in [0.15, 0.2) is 0 Å². The van der Waals surface area contributed by atoms with E-state index in [1.807, 2.05) is 54.7 Å². The van der Waals surface area contributed by atoms with E-state index in [1.54, 1.807) is 6.20 Å². The van der Waals surface area contributed by atoms with Crippen molar-refractivity contribution in [2.45, 2.75) is 13.1 Å². The Morgan fingerprint density at radius 1 is 1.05 bits per heavy atom. The summed E-state index contributed by atoms with van der Waals surface area (Å²) < 4.78 is 5.83.